The van der Waals surface area contributed by atoms with Crippen LogP contribution in [-0.4, -0.2) is 44.7 Å². The Morgan fingerprint density at radius 3 is 2.06 bits per heavy atom. The molecule has 0 heterocycles. The van der Waals surface area contributed by atoms with E-state index in [1.165, 1.54) is 0 Å². The molecule has 0 spiro atoms. The first-order valence-electron chi connectivity index (χ1n) is 6.05. The summed E-state index contributed by atoms with van der Waals surface area (Å²) in [7, 11) is 6.28. The van der Waals surface area contributed by atoms with E-state index in [-0.39, 0.29) is 17.3 Å². The summed E-state index contributed by atoms with van der Waals surface area (Å²) in [5, 5.41) is 0. The van der Waals surface area contributed by atoms with Crippen LogP contribution in [0.4, 0.5) is 0 Å². The molecule has 1 unspecified atom stereocenters. The van der Waals surface area contributed by atoms with Crippen molar-refractivity contribution in [2.24, 2.45) is 11.3 Å². The normalized spacial score (nSPS) is 14.7. The Balaban J connectivity index is 4.15. The van der Waals surface area contributed by atoms with Crippen LogP contribution in [0.5, 0.6) is 0 Å². The Kier molecular flexibility index (Phi) is 5.47. The average Bonchev–Trinajstić information content (AvgIpc) is 1.99. The van der Waals surface area contributed by atoms with Crippen LogP contribution in [0, 0.1) is 11.3 Å². The monoisotopic (exact) mass is 230 g/mol. The predicted molar refractivity (Wildman–Crippen MR) is 67.1 cm³/mol. The molecule has 0 saturated heterocycles. The van der Waals surface area contributed by atoms with Gasteiger partial charge in [0.2, 0.25) is 0 Å². The molecule has 16 heavy (non-hydrogen) atoms. The summed E-state index contributed by atoms with van der Waals surface area (Å²) in [6.07, 6.45) is 0.840. The number of quaternary nitrogens is 1. The number of esters is 1. The lowest BCUT2D eigenvalue weighted by Gasteiger charge is -2.28. The van der Waals surface area contributed by atoms with E-state index in [2.05, 4.69) is 41.9 Å². The summed E-state index contributed by atoms with van der Waals surface area (Å²) in [6.45, 7) is 9.66. The van der Waals surface area contributed by atoms with Gasteiger partial charge in [0.25, 0.3) is 0 Å². The Morgan fingerprint density at radius 2 is 1.75 bits per heavy atom. The van der Waals surface area contributed by atoms with Gasteiger partial charge in [-0.2, -0.15) is 0 Å². The molecule has 0 fully saturated rings. The van der Waals surface area contributed by atoms with Gasteiger partial charge in [0, 0.05) is 0 Å². The number of nitrogens with zero attached hydrogens (tertiary/aromatic N) is 1. The highest BCUT2D eigenvalue weighted by atomic mass is 16.5. The lowest BCUT2D eigenvalue weighted by Crippen LogP contribution is -2.39. The van der Waals surface area contributed by atoms with Crippen molar-refractivity contribution in [1.29, 1.82) is 0 Å². The van der Waals surface area contributed by atoms with E-state index in [0.717, 1.165) is 17.4 Å². The number of carbonyl (C=O) groups is 1. The molecule has 0 aliphatic carbocycles. The van der Waals surface area contributed by atoms with Crippen LogP contribution < -0.4 is 0 Å². The van der Waals surface area contributed by atoms with Crippen molar-refractivity contribution in [3.05, 3.63) is 0 Å². The summed E-state index contributed by atoms with van der Waals surface area (Å²) in [6, 6.07) is 0. The van der Waals surface area contributed by atoms with Crippen molar-refractivity contribution in [2.75, 3.05) is 34.3 Å². The summed E-state index contributed by atoms with van der Waals surface area (Å²) < 4.78 is 6.16. The minimum atomic E-state index is -0.0524. The maximum Gasteiger partial charge on any atom is 0.309 e. The van der Waals surface area contributed by atoms with Crippen LogP contribution in [0.15, 0.2) is 0 Å². The third-order valence-corrected chi connectivity index (χ3v) is 2.74. The molecule has 0 aliphatic heterocycles. The molecular formula is C13H28NO2+. The second kappa shape index (κ2) is 5.67. The van der Waals surface area contributed by atoms with Crippen LogP contribution in [0.2, 0.25) is 0 Å². The second-order valence-electron chi connectivity index (χ2n) is 6.51. The predicted octanol–water partition coefficient (Wildman–Crippen LogP) is 2.31. The van der Waals surface area contributed by atoms with E-state index >= 15 is 0 Å². The summed E-state index contributed by atoms with van der Waals surface area (Å²) in [4.78, 5) is 11.9. The smallest absolute Gasteiger partial charge is 0.309 e. The molecule has 0 aromatic heterocycles. The largest absolute Gasteiger partial charge is 0.459 e. The fourth-order valence-corrected chi connectivity index (χ4v) is 1.65. The van der Waals surface area contributed by atoms with Gasteiger partial charge in [0.05, 0.1) is 27.1 Å². The van der Waals surface area contributed by atoms with Crippen molar-refractivity contribution < 1.29 is 14.0 Å². The molecule has 1 atom stereocenters. The molecule has 0 N–H and O–H groups in total. The number of carbonyl (C=O) groups excluding carboxylic acids is 1. The van der Waals surface area contributed by atoms with E-state index in [9.17, 15) is 4.79 Å². The van der Waals surface area contributed by atoms with Crippen LogP contribution >= 0.6 is 0 Å². The van der Waals surface area contributed by atoms with Gasteiger partial charge >= 0.3 is 5.97 Å². The third kappa shape index (κ3) is 6.11. The zero-order chi connectivity index (χ0) is 13.0. The van der Waals surface area contributed by atoms with Crippen LogP contribution in [-0.2, 0) is 9.53 Å². The van der Waals surface area contributed by atoms with Gasteiger partial charge in [-0.3, -0.25) is 4.79 Å². The number of rotatable bonds is 5. The SMILES string of the molecule is CCC(C(=O)OCC[N+](C)(C)C)C(C)(C)C. The zero-order valence-electron chi connectivity index (χ0n) is 12.0. The first-order valence-corrected chi connectivity index (χ1v) is 6.05. The van der Waals surface area contributed by atoms with Gasteiger partial charge in [-0.05, 0) is 11.8 Å². The Hall–Kier alpha value is -0.570. The lowest BCUT2D eigenvalue weighted by molar-refractivity contribution is -0.870. The average molecular weight is 230 g/mol. The molecule has 0 aromatic rings. The molecule has 0 radical (unpaired) electrons. The zero-order valence-corrected chi connectivity index (χ0v) is 12.0. The maximum absolute atomic E-state index is 11.9. The van der Waals surface area contributed by atoms with Crippen molar-refractivity contribution >= 4 is 5.97 Å². The fourth-order valence-electron chi connectivity index (χ4n) is 1.65. The third-order valence-electron chi connectivity index (χ3n) is 2.74. The van der Waals surface area contributed by atoms with Gasteiger partial charge in [0.1, 0.15) is 13.2 Å². The fraction of sp³-hybridized carbons (Fsp3) is 0.923. The van der Waals surface area contributed by atoms with Gasteiger partial charge in [-0.1, -0.05) is 27.7 Å². The molecule has 3 heteroatoms. The summed E-state index contributed by atoms with van der Waals surface area (Å²) in [5.74, 6) is -0.0524. The quantitative estimate of drug-likeness (QED) is 0.535. The lowest BCUT2D eigenvalue weighted by atomic mass is 9.79. The molecule has 0 aromatic carbocycles. The summed E-state index contributed by atoms with van der Waals surface area (Å²) >= 11 is 0. The van der Waals surface area contributed by atoms with Crippen LogP contribution in [0.25, 0.3) is 0 Å². The number of hydrogen-bond acceptors (Lipinski definition) is 2. The molecule has 3 nitrogen and oxygen atoms in total. The van der Waals surface area contributed by atoms with Crippen molar-refractivity contribution in [2.45, 2.75) is 34.1 Å². The van der Waals surface area contributed by atoms with Gasteiger partial charge in [-0.25, -0.2) is 0 Å². The maximum atomic E-state index is 11.9. The van der Waals surface area contributed by atoms with E-state index < -0.39 is 0 Å². The van der Waals surface area contributed by atoms with E-state index in [1.54, 1.807) is 0 Å². The molecular weight excluding hydrogens is 202 g/mol. The van der Waals surface area contributed by atoms with Gasteiger partial charge in [0.15, 0.2) is 0 Å². The first kappa shape index (κ1) is 15.4. The van der Waals surface area contributed by atoms with Gasteiger partial charge < -0.3 is 9.22 Å². The first-order chi connectivity index (χ1) is 7.08. The van der Waals surface area contributed by atoms with Crippen molar-refractivity contribution in [3.8, 4) is 0 Å². The second-order valence-corrected chi connectivity index (χ2v) is 6.51. The molecule has 96 valence electrons. The van der Waals surface area contributed by atoms with Crippen LogP contribution in [0.3, 0.4) is 0 Å². The topological polar surface area (TPSA) is 26.3 Å². The van der Waals surface area contributed by atoms with E-state index in [1.807, 2.05) is 6.92 Å². The highest BCUT2D eigenvalue weighted by Crippen LogP contribution is 2.29. The number of likely N-dealkylation sites (N-methyl/N-ethyl adjacent to an activating group) is 1. The minimum absolute atomic E-state index is 0.0000293. The molecule has 0 rings (SSSR count). The van der Waals surface area contributed by atoms with Gasteiger partial charge in [-0.15, -0.1) is 0 Å². The standard InChI is InChI=1S/C13H28NO2/c1-8-11(13(2,3)4)12(15)16-10-9-14(5,6)7/h11H,8-10H2,1-7H3/q+1. The Bertz CT molecular complexity index is 223. The van der Waals surface area contributed by atoms with Crippen molar-refractivity contribution in [3.63, 3.8) is 0 Å². The minimum Gasteiger partial charge on any atom is -0.459 e. The molecule has 0 amide bonds. The van der Waals surface area contributed by atoms with E-state index in [0.29, 0.717) is 6.61 Å². The van der Waals surface area contributed by atoms with Crippen molar-refractivity contribution in [1.82, 2.24) is 0 Å². The summed E-state index contributed by atoms with van der Waals surface area (Å²) in [5.41, 5.74) is -0.0115. The number of ether oxygens (including phenoxy) is 1. The number of hydrogen-bond donors (Lipinski definition) is 0. The highest BCUT2D eigenvalue weighted by molar-refractivity contribution is 5.73. The molecule has 0 saturated carbocycles. The molecule has 0 aliphatic rings. The molecule has 0 bridgehead atoms. The van der Waals surface area contributed by atoms with E-state index in [4.69, 9.17) is 4.74 Å². The highest BCUT2D eigenvalue weighted by Gasteiger charge is 2.31. The Morgan fingerprint density at radius 1 is 1.25 bits per heavy atom. The van der Waals surface area contributed by atoms with Crippen LogP contribution in [0.1, 0.15) is 34.1 Å². The Labute approximate surface area is 100 Å².